The van der Waals surface area contributed by atoms with E-state index in [0.717, 1.165) is 5.69 Å². The number of carbonyl (C=O) groups excluding carboxylic acids is 2. The Labute approximate surface area is 165 Å². The van der Waals surface area contributed by atoms with Gasteiger partial charge in [-0.25, -0.2) is 9.97 Å². The molecule has 2 amide bonds. The molecule has 2 heterocycles. The lowest BCUT2D eigenvalue weighted by Gasteiger charge is -2.17. The molecule has 0 fully saturated rings. The van der Waals surface area contributed by atoms with Crippen LogP contribution in [0.1, 0.15) is 12.6 Å². The zero-order chi connectivity index (χ0) is 19.2. The molecule has 0 unspecified atom stereocenters. The van der Waals surface area contributed by atoms with E-state index in [9.17, 15) is 9.59 Å². The van der Waals surface area contributed by atoms with E-state index >= 15 is 0 Å². The summed E-state index contributed by atoms with van der Waals surface area (Å²) in [5.74, 6) is -0.0802. The summed E-state index contributed by atoms with van der Waals surface area (Å²) in [6, 6.07) is 12.5. The van der Waals surface area contributed by atoms with Crippen molar-refractivity contribution < 1.29 is 9.59 Å². The first-order chi connectivity index (χ1) is 13.0. The van der Waals surface area contributed by atoms with E-state index in [1.807, 2.05) is 30.3 Å². The van der Waals surface area contributed by atoms with E-state index < -0.39 is 0 Å². The van der Waals surface area contributed by atoms with Gasteiger partial charge in [-0.1, -0.05) is 29.8 Å². The lowest BCUT2D eigenvalue weighted by atomic mass is 10.3. The number of nitrogens with zero attached hydrogens (tertiary/aromatic N) is 3. The fraction of sp³-hybridized carbons (Fsp3) is 0.0526. The van der Waals surface area contributed by atoms with Gasteiger partial charge < -0.3 is 5.32 Å². The Kier molecular flexibility index (Phi) is 5.95. The highest BCUT2D eigenvalue weighted by molar-refractivity contribution is 7.14. The van der Waals surface area contributed by atoms with Crippen molar-refractivity contribution in [2.45, 2.75) is 6.92 Å². The average Bonchev–Trinajstić information content (AvgIpc) is 3.11. The minimum absolute atomic E-state index is 0.141. The summed E-state index contributed by atoms with van der Waals surface area (Å²) in [7, 11) is 0. The molecule has 0 radical (unpaired) electrons. The molecule has 0 saturated carbocycles. The predicted molar refractivity (Wildman–Crippen MR) is 108 cm³/mol. The Bertz CT molecular complexity index is 971. The van der Waals surface area contributed by atoms with Gasteiger partial charge in [0.1, 0.15) is 5.82 Å². The van der Waals surface area contributed by atoms with Gasteiger partial charge in [-0.2, -0.15) is 0 Å². The Morgan fingerprint density at radius 2 is 1.96 bits per heavy atom. The minimum atomic E-state index is -0.342. The number of rotatable bonds is 5. The molecule has 27 heavy (non-hydrogen) atoms. The molecule has 0 bridgehead atoms. The van der Waals surface area contributed by atoms with Crippen LogP contribution in [-0.4, -0.2) is 21.8 Å². The molecular formula is C19H15ClN4O2S. The molecule has 1 aromatic carbocycles. The van der Waals surface area contributed by atoms with Crippen molar-refractivity contribution in [1.29, 1.82) is 0 Å². The molecule has 0 spiro atoms. The maximum atomic E-state index is 12.0. The molecule has 2 aromatic heterocycles. The summed E-state index contributed by atoms with van der Waals surface area (Å²) < 4.78 is 0. The Morgan fingerprint density at radius 1 is 1.19 bits per heavy atom. The number of amides is 2. The number of benzene rings is 1. The highest BCUT2D eigenvalue weighted by atomic mass is 35.5. The first-order valence-corrected chi connectivity index (χ1v) is 9.20. The molecule has 3 rings (SSSR count). The normalized spacial score (nSPS) is 10.7. The molecular weight excluding hydrogens is 384 g/mol. The third kappa shape index (κ3) is 4.99. The van der Waals surface area contributed by atoms with Crippen LogP contribution in [0.4, 0.5) is 16.6 Å². The first kappa shape index (κ1) is 18.8. The highest BCUT2D eigenvalue weighted by Crippen LogP contribution is 2.29. The zero-order valence-corrected chi connectivity index (χ0v) is 15.9. The van der Waals surface area contributed by atoms with Crippen LogP contribution in [0, 0.1) is 0 Å². The van der Waals surface area contributed by atoms with Crippen molar-refractivity contribution in [1.82, 2.24) is 9.97 Å². The number of carbonyl (C=O) groups is 2. The van der Waals surface area contributed by atoms with Gasteiger partial charge in [-0.3, -0.25) is 14.5 Å². The Hall–Kier alpha value is -3.03. The number of hydrogen-bond donors (Lipinski definition) is 1. The van der Waals surface area contributed by atoms with Gasteiger partial charge >= 0.3 is 0 Å². The van der Waals surface area contributed by atoms with Crippen LogP contribution < -0.4 is 10.2 Å². The maximum absolute atomic E-state index is 12.0. The van der Waals surface area contributed by atoms with E-state index in [1.165, 1.54) is 35.4 Å². The Balaban J connectivity index is 1.71. The number of aromatic nitrogens is 2. The van der Waals surface area contributed by atoms with Gasteiger partial charge in [0.25, 0.3) is 0 Å². The van der Waals surface area contributed by atoms with Crippen molar-refractivity contribution in [3.63, 3.8) is 0 Å². The quantitative estimate of drug-likeness (QED) is 0.641. The maximum Gasteiger partial charge on any atom is 0.249 e. The van der Waals surface area contributed by atoms with Crippen LogP contribution in [0.15, 0.2) is 60.1 Å². The second-order valence-electron chi connectivity index (χ2n) is 5.43. The summed E-state index contributed by atoms with van der Waals surface area (Å²) >= 11 is 7.08. The smallest absolute Gasteiger partial charge is 0.249 e. The van der Waals surface area contributed by atoms with Crippen LogP contribution in [0.25, 0.3) is 6.08 Å². The third-order valence-electron chi connectivity index (χ3n) is 3.41. The van der Waals surface area contributed by atoms with Crippen molar-refractivity contribution in [3.8, 4) is 0 Å². The molecule has 1 N–H and O–H groups in total. The van der Waals surface area contributed by atoms with Gasteiger partial charge in [0.15, 0.2) is 5.13 Å². The monoisotopic (exact) mass is 398 g/mol. The fourth-order valence-electron chi connectivity index (χ4n) is 2.24. The molecule has 3 aromatic rings. The predicted octanol–water partition coefficient (Wildman–Crippen LogP) is 4.53. The van der Waals surface area contributed by atoms with Crippen LogP contribution in [0.5, 0.6) is 0 Å². The van der Waals surface area contributed by atoms with Gasteiger partial charge in [0.05, 0.1) is 16.4 Å². The van der Waals surface area contributed by atoms with Crippen molar-refractivity contribution >= 4 is 57.5 Å². The van der Waals surface area contributed by atoms with E-state index in [1.54, 1.807) is 23.6 Å². The van der Waals surface area contributed by atoms with Crippen LogP contribution in [0.3, 0.4) is 0 Å². The average molecular weight is 399 g/mol. The van der Waals surface area contributed by atoms with Gasteiger partial charge in [0, 0.05) is 24.6 Å². The first-order valence-electron chi connectivity index (χ1n) is 7.95. The summed E-state index contributed by atoms with van der Waals surface area (Å²) in [6.07, 6.45) is 4.39. The standard InChI is InChI=1S/C19H15ClN4O2S/c1-13(25)24(16-5-3-2-4-6-16)19-22-15(12-27-19)8-10-18(26)23-17-9-7-14(20)11-21-17/h2-12H,1H3,(H,21,23,26)/b10-8+. The molecule has 136 valence electrons. The lowest BCUT2D eigenvalue weighted by Crippen LogP contribution is -2.22. The highest BCUT2D eigenvalue weighted by Gasteiger charge is 2.17. The summed E-state index contributed by atoms with van der Waals surface area (Å²) in [6.45, 7) is 1.48. The number of halogens is 1. The number of thiazole rings is 1. The number of nitrogens with one attached hydrogen (secondary N) is 1. The van der Waals surface area contributed by atoms with E-state index in [4.69, 9.17) is 11.6 Å². The van der Waals surface area contributed by atoms with E-state index in [-0.39, 0.29) is 11.8 Å². The SMILES string of the molecule is CC(=O)N(c1ccccc1)c1nc(/C=C/C(=O)Nc2ccc(Cl)cn2)cs1. The molecule has 0 aliphatic heterocycles. The summed E-state index contributed by atoms with van der Waals surface area (Å²) in [5, 5.41) is 5.43. The molecule has 0 aliphatic rings. The van der Waals surface area contributed by atoms with Gasteiger partial charge in [-0.15, -0.1) is 11.3 Å². The molecule has 8 heteroatoms. The van der Waals surface area contributed by atoms with E-state index in [0.29, 0.717) is 21.7 Å². The molecule has 0 aliphatic carbocycles. The fourth-order valence-corrected chi connectivity index (χ4v) is 3.20. The Morgan fingerprint density at radius 3 is 2.63 bits per heavy atom. The molecule has 0 saturated heterocycles. The number of hydrogen-bond acceptors (Lipinski definition) is 5. The minimum Gasteiger partial charge on any atom is -0.307 e. The van der Waals surface area contributed by atoms with Crippen molar-refractivity contribution in [3.05, 3.63) is 70.8 Å². The van der Waals surface area contributed by atoms with Crippen molar-refractivity contribution in [2.24, 2.45) is 0 Å². The number of para-hydroxylation sites is 1. The number of anilines is 3. The topological polar surface area (TPSA) is 75.2 Å². The van der Waals surface area contributed by atoms with Crippen LogP contribution in [-0.2, 0) is 9.59 Å². The van der Waals surface area contributed by atoms with Crippen LogP contribution >= 0.6 is 22.9 Å². The summed E-state index contributed by atoms with van der Waals surface area (Å²) in [4.78, 5) is 34.0. The van der Waals surface area contributed by atoms with Crippen LogP contribution in [0.2, 0.25) is 5.02 Å². The third-order valence-corrected chi connectivity index (χ3v) is 4.48. The van der Waals surface area contributed by atoms with Crippen molar-refractivity contribution in [2.75, 3.05) is 10.2 Å². The summed E-state index contributed by atoms with van der Waals surface area (Å²) in [5.41, 5.74) is 1.32. The van der Waals surface area contributed by atoms with E-state index in [2.05, 4.69) is 15.3 Å². The van der Waals surface area contributed by atoms with Gasteiger partial charge in [0.2, 0.25) is 11.8 Å². The lowest BCUT2D eigenvalue weighted by molar-refractivity contribution is -0.116. The van der Waals surface area contributed by atoms with Gasteiger partial charge in [-0.05, 0) is 30.3 Å². The largest absolute Gasteiger partial charge is 0.307 e. The second kappa shape index (κ2) is 8.57. The number of pyridine rings is 1. The molecule has 6 nitrogen and oxygen atoms in total. The zero-order valence-electron chi connectivity index (χ0n) is 14.3. The molecule has 0 atom stereocenters. The second-order valence-corrected chi connectivity index (χ2v) is 6.70.